The molecule has 1 N–H and O–H groups in total. The van der Waals surface area contributed by atoms with Gasteiger partial charge in [-0.2, -0.15) is 0 Å². The lowest BCUT2D eigenvalue weighted by Crippen LogP contribution is -2.22. The van der Waals surface area contributed by atoms with Gasteiger partial charge in [0.05, 0.1) is 0 Å². The molecule has 2 aliphatic rings. The first-order valence-corrected chi connectivity index (χ1v) is 5.94. The summed E-state index contributed by atoms with van der Waals surface area (Å²) >= 11 is 0. The molecule has 1 fully saturated rings. The van der Waals surface area contributed by atoms with Gasteiger partial charge in [-0.05, 0) is 51.1 Å². The van der Waals surface area contributed by atoms with Gasteiger partial charge in [0.25, 0.3) is 0 Å². The third kappa shape index (κ3) is 2.82. The van der Waals surface area contributed by atoms with Crippen molar-refractivity contribution >= 4 is 0 Å². The van der Waals surface area contributed by atoms with Gasteiger partial charge >= 0.3 is 0 Å². The summed E-state index contributed by atoms with van der Waals surface area (Å²) in [7, 11) is 0. The van der Waals surface area contributed by atoms with Gasteiger partial charge in [-0.1, -0.05) is 11.6 Å². The fraction of sp³-hybridized carbons (Fsp3) is 0.833. The molecule has 14 heavy (non-hydrogen) atoms. The van der Waals surface area contributed by atoms with Gasteiger partial charge in [0, 0.05) is 13.2 Å². The Kier molecular flexibility index (Phi) is 4.02. The fourth-order valence-electron chi connectivity index (χ4n) is 2.44. The molecule has 0 radical (unpaired) electrons. The van der Waals surface area contributed by atoms with Gasteiger partial charge in [0.15, 0.2) is 0 Å². The minimum Gasteiger partial charge on any atom is -0.381 e. The smallest absolute Gasteiger partial charge is 0.0471 e. The van der Waals surface area contributed by atoms with Gasteiger partial charge in [-0.3, -0.25) is 0 Å². The zero-order chi connectivity index (χ0) is 9.64. The quantitative estimate of drug-likeness (QED) is 0.647. The van der Waals surface area contributed by atoms with Crippen LogP contribution in [0.25, 0.3) is 0 Å². The summed E-state index contributed by atoms with van der Waals surface area (Å²) < 4.78 is 5.41. The van der Waals surface area contributed by atoms with E-state index in [0.29, 0.717) is 0 Å². The van der Waals surface area contributed by atoms with Crippen LogP contribution in [-0.2, 0) is 4.74 Å². The number of nitrogens with one attached hydrogen (secondary N) is 1. The average Bonchev–Trinajstić information content (AvgIpc) is 2.18. The van der Waals surface area contributed by atoms with E-state index in [0.717, 1.165) is 25.7 Å². The minimum absolute atomic E-state index is 0.835. The third-order valence-electron chi connectivity index (χ3n) is 3.29. The Hall–Kier alpha value is -0.340. The number of rotatable bonds is 1. The normalized spacial score (nSPS) is 26.4. The molecule has 0 aromatic rings. The Morgan fingerprint density at radius 1 is 1.21 bits per heavy atom. The molecule has 2 aliphatic heterocycles. The van der Waals surface area contributed by atoms with E-state index in [1.165, 1.54) is 38.6 Å². The molecule has 0 aliphatic carbocycles. The van der Waals surface area contributed by atoms with Crippen molar-refractivity contribution in [3.8, 4) is 0 Å². The average molecular weight is 195 g/mol. The van der Waals surface area contributed by atoms with E-state index in [-0.39, 0.29) is 0 Å². The van der Waals surface area contributed by atoms with E-state index in [2.05, 4.69) is 11.4 Å². The Balaban J connectivity index is 1.91. The molecule has 1 saturated heterocycles. The van der Waals surface area contributed by atoms with Crippen LogP contribution in [0.4, 0.5) is 0 Å². The summed E-state index contributed by atoms with van der Waals surface area (Å²) in [6.45, 7) is 4.30. The Bertz CT molecular complexity index is 194. The van der Waals surface area contributed by atoms with E-state index in [4.69, 9.17) is 4.74 Å². The van der Waals surface area contributed by atoms with E-state index in [1.807, 2.05) is 0 Å². The van der Waals surface area contributed by atoms with Crippen LogP contribution in [-0.4, -0.2) is 26.3 Å². The lowest BCUT2D eigenvalue weighted by atomic mass is 9.87. The number of ether oxygens (including phenoxy) is 1. The highest BCUT2D eigenvalue weighted by molar-refractivity contribution is 5.08. The van der Waals surface area contributed by atoms with E-state index < -0.39 is 0 Å². The summed E-state index contributed by atoms with van der Waals surface area (Å²) in [6, 6.07) is 0. The van der Waals surface area contributed by atoms with Gasteiger partial charge in [-0.15, -0.1) is 0 Å². The maximum atomic E-state index is 5.41. The van der Waals surface area contributed by atoms with Crippen molar-refractivity contribution in [3.63, 3.8) is 0 Å². The second-order valence-electron chi connectivity index (χ2n) is 4.31. The van der Waals surface area contributed by atoms with Crippen molar-refractivity contribution in [3.05, 3.63) is 11.6 Å². The highest BCUT2D eigenvalue weighted by Gasteiger charge is 2.17. The summed E-state index contributed by atoms with van der Waals surface area (Å²) in [6.07, 6.45) is 8.80. The highest BCUT2D eigenvalue weighted by Crippen LogP contribution is 2.27. The van der Waals surface area contributed by atoms with Crippen LogP contribution in [0.15, 0.2) is 11.6 Å². The predicted molar refractivity (Wildman–Crippen MR) is 58.3 cm³/mol. The van der Waals surface area contributed by atoms with Crippen molar-refractivity contribution in [2.75, 3.05) is 26.3 Å². The molecular formula is C12H21NO. The van der Waals surface area contributed by atoms with Crippen molar-refractivity contribution in [2.24, 2.45) is 5.92 Å². The van der Waals surface area contributed by atoms with Crippen LogP contribution in [0.2, 0.25) is 0 Å². The maximum Gasteiger partial charge on any atom is 0.0471 e. The summed E-state index contributed by atoms with van der Waals surface area (Å²) in [5, 5.41) is 3.44. The molecule has 0 saturated carbocycles. The zero-order valence-electron chi connectivity index (χ0n) is 8.93. The second kappa shape index (κ2) is 5.52. The molecule has 0 spiro atoms. The van der Waals surface area contributed by atoms with E-state index >= 15 is 0 Å². The lowest BCUT2D eigenvalue weighted by Gasteiger charge is -2.26. The Morgan fingerprint density at radius 2 is 2.07 bits per heavy atom. The molecular weight excluding hydrogens is 174 g/mol. The van der Waals surface area contributed by atoms with Crippen LogP contribution in [0, 0.1) is 5.92 Å². The van der Waals surface area contributed by atoms with Crippen LogP contribution in [0.1, 0.15) is 32.1 Å². The first kappa shape index (κ1) is 10.2. The molecule has 0 amide bonds. The molecule has 0 unspecified atom stereocenters. The van der Waals surface area contributed by atoms with Gasteiger partial charge in [0.2, 0.25) is 0 Å². The van der Waals surface area contributed by atoms with Gasteiger partial charge in [0.1, 0.15) is 0 Å². The standard InChI is InChI=1S/C12H21NO/c1-3-11(4-2-8-13-7-1)12-5-9-14-10-6-12/h3,12-13H,1-2,4-10H2. The fourth-order valence-corrected chi connectivity index (χ4v) is 2.44. The van der Waals surface area contributed by atoms with E-state index in [9.17, 15) is 0 Å². The van der Waals surface area contributed by atoms with Crippen molar-refractivity contribution < 1.29 is 4.74 Å². The molecule has 80 valence electrons. The SMILES string of the molecule is C1=C(C2CCOCC2)CCCNCC1. The van der Waals surface area contributed by atoms with E-state index in [1.54, 1.807) is 5.57 Å². The van der Waals surface area contributed by atoms with Crippen LogP contribution >= 0.6 is 0 Å². The molecule has 2 rings (SSSR count). The molecule has 2 nitrogen and oxygen atoms in total. The van der Waals surface area contributed by atoms with Crippen molar-refractivity contribution in [1.29, 1.82) is 0 Å². The lowest BCUT2D eigenvalue weighted by molar-refractivity contribution is 0.0747. The molecule has 2 heterocycles. The zero-order valence-corrected chi connectivity index (χ0v) is 8.93. The minimum atomic E-state index is 0.835. The molecule has 0 atom stereocenters. The summed E-state index contributed by atoms with van der Waals surface area (Å²) in [4.78, 5) is 0. The maximum absolute atomic E-state index is 5.41. The first-order chi connectivity index (χ1) is 6.97. The Morgan fingerprint density at radius 3 is 2.93 bits per heavy atom. The third-order valence-corrected chi connectivity index (χ3v) is 3.29. The predicted octanol–water partition coefficient (Wildman–Crippen LogP) is 2.11. The molecule has 2 heteroatoms. The monoisotopic (exact) mass is 195 g/mol. The molecule has 0 bridgehead atoms. The second-order valence-corrected chi connectivity index (χ2v) is 4.31. The molecule has 0 aromatic carbocycles. The van der Waals surface area contributed by atoms with Gasteiger partial charge in [-0.25, -0.2) is 0 Å². The largest absolute Gasteiger partial charge is 0.381 e. The van der Waals surface area contributed by atoms with Crippen LogP contribution in [0.3, 0.4) is 0 Å². The number of hydrogen-bond acceptors (Lipinski definition) is 2. The number of allylic oxidation sites excluding steroid dienone is 1. The summed E-state index contributed by atoms with van der Waals surface area (Å²) in [5.41, 5.74) is 1.72. The van der Waals surface area contributed by atoms with Crippen molar-refractivity contribution in [2.45, 2.75) is 32.1 Å². The summed E-state index contributed by atoms with van der Waals surface area (Å²) in [5.74, 6) is 0.835. The Labute approximate surface area is 86.7 Å². The molecule has 0 aromatic heterocycles. The van der Waals surface area contributed by atoms with Gasteiger partial charge < -0.3 is 10.1 Å². The number of hydrogen-bond donors (Lipinski definition) is 1. The van der Waals surface area contributed by atoms with Crippen LogP contribution < -0.4 is 5.32 Å². The van der Waals surface area contributed by atoms with Crippen molar-refractivity contribution in [1.82, 2.24) is 5.32 Å². The topological polar surface area (TPSA) is 21.3 Å². The first-order valence-electron chi connectivity index (χ1n) is 5.94. The van der Waals surface area contributed by atoms with Crippen LogP contribution in [0.5, 0.6) is 0 Å². The highest BCUT2D eigenvalue weighted by atomic mass is 16.5.